The summed E-state index contributed by atoms with van der Waals surface area (Å²) in [5.41, 5.74) is 5.83. The molecule has 3 N–H and O–H groups in total. The number of nitrogens with one attached hydrogen (secondary N) is 1. The molecule has 0 aromatic heterocycles. The average molecular weight is 241 g/mol. The van der Waals surface area contributed by atoms with Crippen molar-refractivity contribution in [3.05, 3.63) is 0 Å². The third-order valence-electron chi connectivity index (χ3n) is 3.32. The zero-order valence-electron chi connectivity index (χ0n) is 11.2. The number of hydrogen-bond acceptors (Lipinski definition) is 3. The number of nitrogens with zero attached hydrogens (tertiary/aromatic N) is 1. The Kier molecular flexibility index (Phi) is 6.52. The predicted octanol–water partition coefficient (Wildman–Crippen LogP) is 1.10. The van der Waals surface area contributed by atoms with E-state index >= 15 is 0 Å². The van der Waals surface area contributed by atoms with Gasteiger partial charge in [0, 0.05) is 12.6 Å². The largest absolute Gasteiger partial charge is 0.351 e. The van der Waals surface area contributed by atoms with Crippen LogP contribution in [0.2, 0.25) is 0 Å². The molecule has 0 bridgehead atoms. The molecule has 0 spiro atoms. The molecule has 4 heteroatoms. The molecular weight excluding hydrogens is 214 g/mol. The quantitative estimate of drug-likeness (QED) is 0.702. The van der Waals surface area contributed by atoms with Gasteiger partial charge in [-0.3, -0.25) is 4.79 Å². The maximum absolute atomic E-state index is 11.8. The first kappa shape index (κ1) is 14.5. The van der Waals surface area contributed by atoms with E-state index in [1.54, 1.807) is 0 Å². The minimum Gasteiger partial charge on any atom is -0.351 e. The van der Waals surface area contributed by atoms with Gasteiger partial charge in [0.15, 0.2) is 0 Å². The van der Waals surface area contributed by atoms with Crippen molar-refractivity contribution in [2.24, 2.45) is 5.73 Å². The van der Waals surface area contributed by atoms with Gasteiger partial charge in [-0.05, 0) is 39.3 Å². The highest BCUT2D eigenvalue weighted by atomic mass is 16.2. The van der Waals surface area contributed by atoms with Crippen molar-refractivity contribution in [2.75, 3.05) is 19.6 Å². The van der Waals surface area contributed by atoms with E-state index in [2.05, 4.69) is 24.1 Å². The van der Waals surface area contributed by atoms with Crippen LogP contribution in [-0.2, 0) is 4.79 Å². The van der Waals surface area contributed by atoms with Gasteiger partial charge < -0.3 is 16.0 Å². The first-order chi connectivity index (χ1) is 8.13. The molecule has 2 unspecified atom stereocenters. The maximum atomic E-state index is 11.8. The Bertz CT molecular complexity index is 227. The fourth-order valence-corrected chi connectivity index (χ4v) is 2.30. The Balaban J connectivity index is 2.19. The van der Waals surface area contributed by atoms with Crippen molar-refractivity contribution in [2.45, 2.75) is 58.0 Å². The lowest BCUT2D eigenvalue weighted by atomic mass is 10.1. The summed E-state index contributed by atoms with van der Waals surface area (Å²) in [5.74, 6) is 0.00477. The summed E-state index contributed by atoms with van der Waals surface area (Å²) in [7, 11) is 0. The fraction of sp³-hybridized carbons (Fsp3) is 0.923. The minimum atomic E-state index is -0.337. The van der Waals surface area contributed by atoms with Gasteiger partial charge in [-0.25, -0.2) is 0 Å². The van der Waals surface area contributed by atoms with E-state index in [0.29, 0.717) is 0 Å². The lowest BCUT2D eigenvalue weighted by Crippen LogP contribution is -2.47. The number of likely N-dealkylation sites (tertiary alicyclic amines) is 1. The van der Waals surface area contributed by atoms with Crippen LogP contribution in [0.4, 0.5) is 0 Å². The van der Waals surface area contributed by atoms with Gasteiger partial charge in [-0.2, -0.15) is 0 Å². The molecule has 0 aromatic rings. The van der Waals surface area contributed by atoms with E-state index in [1.807, 2.05) is 0 Å². The van der Waals surface area contributed by atoms with Crippen molar-refractivity contribution in [3.8, 4) is 0 Å². The van der Waals surface area contributed by atoms with Gasteiger partial charge in [0.2, 0.25) is 5.91 Å². The highest BCUT2D eigenvalue weighted by Gasteiger charge is 2.18. The molecule has 1 fully saturated rings. The lowest BCUT2D eigenvalue weighted by molar-refractivity contribution is -0.123. The topological polar surface area (TPSA) is 58.4 Å². The van der Waals surface area contributed by atoms with Crippen LogP contribution in [0.25, 0.3) is 0 Å². The second-order valence-corrected chi connectivity index (χ2v) is 5.17. The molecular formula is C13H27N3O. The Hall–Kier alpha value is -0.610. The van der Waals surface area contributed by atoms with Gasteiger partial charge in [-0.15, -0.1) is 0 Å². The number of carbonyl (C=O) groups excluding carboxylic acids is 1. The third kappa shape index (κ3) is 5.50. The van der Waals surface area contributed by atoms with Crippen molar-refractivity contribution in [1.82, 2.24) is 10.2 Å². The fourth-order valence-electron chi connectivity index (χ4n) is 2.30. The summed E-state index contributed by atoms with van der Waals surface area (Å²) in [6.07, 6.45) is 5.48. The number of hydrogen-bond donors (Lipinski definition) is 2. The van der Waals surface area contributed by atoms with E-state index < -0.39 is 0 Å². The van der Waals surface area contributed by atoms with Crippen LogP contribution >= 0.6 is 0 Å². The lowest BCUT2D eigenvalue weighted by Gasteiger charge is -2.22. The normalized spacial score (nSPS) is 20.2. The highest BCUT2D eigenvalue weighted by Crippen LogP contribution is 2.07. The van der Waals surface area contributed by atoms with Crippen LogP contribution in [0.5, 0.6) is 0 Å². The molecule has 1 saturated heterocycles. The molecule has 1 heterocycles. The van der Waals surface area contributed by atoms with Crippen LogP contribution < -0.4 is 11.1 Å². The number of unbranched alkanes of at least 4 members (excludes halogenated alkanes) is 1. The molecule has 0 saturated carbocycles. The smallest absolute Gasteiger partial charge is 0.237 e. The third-order valence-corrected chi connectivity index (χ3v) is 3.32. The second kappa shape index (κ2) is 7.67. The number of rotatable bonds is 7. The zero-order chi connectivity index (χ0) is 12.7. The zero-order valence-corrected chi connectivity index (χ0v) is 11.2. The molecule has 0 aromatic carbocycles. The summed E-state index contributed by atoms with van der Waals surface area (Å²) in [4.78, 5) is 14.2. The second-order valence-electron chi connectivity index (χ2n) is 5.17. The number of carbonyl (C=O) groups is 1. The molecule has 1 amide bonds. The number of nitrogens with two attached hydrogens (primary N) is 1. The summed E-state index contributed by atoms with van der Waals surface area (Å²) >= 11 is 0. The van der Waals surface area contributed by atoms with Gasteiger partial charge in [0.25, 0.3) is 0 Å². The first-order valence-electron chi connectivity index (χ1n) is 6.91. The van der Waals surface area contributed by atoms with Gasteiger partial charge in [0.1, 0.15) is 0 Å². The van der Waals surface area contributed by atoms with E-state index in [1.165, 1.54) is 25.9 Å². The van der Waals surface area contributed by atoms with Gasteiger partial charge >= 0.3 is 0 Å². The monoisotopic (exact) mass is 241 g/mol. The molecule has 2 atom stereocenters. The van der Waals surface area contributed by atoms with Crippen LogP contribution in [0, 0.1) is 0 Å². The Labute approximate surface area is 105 Å². The number of amides is 1. The standard InChI is InChI=1S/C13H27N3O/c1-3-4-7-12(14)13(17)15-11(2)10-16-8-5-6-9-16/h11-12H,3-10,14H2,1-2H3,(H,15,17). The first-order valence-corrected chi connectivity index (χ1v) is 6.91. The molecule has 4 nitrogen and oxygen atoms in total. The molecule has 1 aliphatic heterocycles. The molecule has 1 rings (SSSR count). The molecule has 0 radical (unpaired) electrons. The van der Waals surface area contributed by atoms with Crippen LogP contribution in [0.1, 0.15) is 46.0 Å². The predicted molar refractivity (Wildman–Crippen MR) is 70.8 cm³/mol. The van der Waals surface area contributed by atoms with Crippen molar-refractivity contribution in [3.63, 3.8) is 0 Å². The Morgan fingerprint density at radius 2 is 2.06 bits per heavy atom. The van der Waals surface area contributed by atoms with Crippen molar-refractivity contribution in [1.29, 1.82) is 0 Å². The van der Waals surface area contributed by atoms with Gasteiger partial charge in [0.05, 0.1) is 6.04 Å². The van der Waals surface area contributed by atoms with E-state index in [0.717, 1.165) is 25.8 Å². The van der Waals surface area contributed by atoms with Gasteiger partial charge in [-0.1, -0.05) is 19.8 Å². The van der Waals surface area contributed by atoms with E-state index in [9.17, 15) is 4.79 Å². The SMILES string of the molecule is CCCCC(N)C(=O)NC(C)CN1CCCC1. The molecule has 100 valence electrons. The van der Waals surface area contributed by atoms with E-state index in [4.69, 9.17) is 5.73 Å². The maximum Gasteiger partial charge on any atom is 0.237 e. The average Bonchev–Trinajstić information content (AvgIpc) is 2.78. The van der Waals surface area contributed by atoms with Crippen molar-refractivity contribution >= 4 is 5.91 Å². The Morgan fingerprint density at radius 1 is 1.41 bits per heavy atom. The molecule has 0 aliphatic carbocycles. The minimum absolute atomic E-state index is 0.00477. The highest BCUT2D eigenvalue weighted by molar-refractivity contribution is 5.81. The van der Waals surface area contributed by atoms with Crippen LogP contribution in [0.3, 0.4) is 0 Å². The van der Waals surface area contributed by atoms with Crippen LogP contribution in [-0.4, -0.2) is 42.5 Å². The van der Waals surface area contributed by atoms with E-state index in [-0.39, 0.29) is 18.0 Å². The summed E-state index contributed by atoms with van der Waals surface area (Å²) in [6.45, 7) is 7.46. The molecule has 17 heavy (non-hydrogen) atoms. The van der Waals surface area contributed by atoms with Crippen LogP contribution in [0.15, 0.2) is 0 Å². The molecule has 1 aliphatic rings. The summed E-state index contributed by atoms with van der Waals surface area (Å²) in [6, 6.07) is -0.135. The summed E-state index contributed by atoms with van der Waals surface area (Å²) < 4.78 is 0. The van der Waals surface area contributed by atoms with Crippen molar-refractivity contribution < 1.29 is 4.79 Å². The summed E-state index contributed by atoms with van der Waals surface area (Å²) in [5, 5.41) is 3.01. The Morgan fingerprint density at radius 3 is 2.65 bits per heavy atom.